The molecule has 194 valence electrons. The Morgan fingerprint density at radius 2 is 1.78 bits per heavy atom. The summed E-state index contributed by atoms with van der Waals surface area (Å²) in [5.41, 5.74) is 5.94. The van der Waals surface area contributed by atoms with Gasteiger partial charge in [0.2, 0.25) is 0 Å². The van der Waals surface area contributed by atoms with Crippen LogP contribution in [-0.2, 0) is 26.6 Å². The lowest BCUT2D eigenvalue weighted by Gasteiger charge is -2.37. The van der Waals surface area contributed by atoms with Gasteiger partial charge in [-0.05, 0) is 55.3 Å². The molecule has 37 heavy (non-hydrogen) atoms. The maximum Gasteiger partial charge on any atom is 0.258 e. The molecular formula is C31H38N4O2. The summed E-state index contributed by atoms with van der Waals surface area (Å²) in [4.78, 5) is 15.6. The van der Waals surface area contributed by atoms with Crippen molar-refractivity contribution in [1.29, 1.82) is 0 Å². The minimum absolute atomic E-state index is 0.0917. The molecule has 6 heteroatoms. The molecule has 4 aromatic rings. The van der Waals surface area contributed by atoms with E-state index in [9.17, 15) is 4.79 Å². The number of hydrogen-bond donors (Lipinski definition) is 1. The predicted molar refractivity (Wildman–Crippen MR) is 151 cm³/mol. The molecule has 1 fully saturated rings. The third-order valence-corrected chi connectivity index (χ3v) is 7.66. The normalized spacial score (nSPS) is 16.2. The van der Waals surface area contributed by atoms with Gasteiger partial charge in [0.15, 0.2) is 0 Å². The van der Waals surface area contributed by atoms with E-state index in [1.165, 1.54) is 35.0 Å². The van der Waals surface area contributed by atoms with Crippen LogP contribution in [0.1, 0.15) is 43.5 Å². The molecule has 0 saturated carbocycles. The van der Waals surface area contributed by atoms with Crippen LogP contribution in [-0.4, -0.2) is 39.7 Å². The van der Waals surface area contributed by atoms with Crippen molar-refractivity contribution in [2.45, 2.75) is 52.3 Å². The van der Waals surface area contributed by atoms with Crippen LogP contribution >= 0.6 is 0 Å². The third-order valence-electron chi connectivity index (χ3n) is 7.66. The van der Waals surface area contributed by atoms with Crippen LogP contribution < -0.4 is 15.6 Å². The highest BCUT2D eigenvalue weighted by atomic mass is 16.5. The Bertz CT molecular complexity index is 1400. The molecule has 4 heterocycles. The molecule has 0 atom stereocenters. The van der Waals surface area contributed by atoms with Crippen LogP contribution in [0.25, 0.3) is 16.6 Å². The number of rotatable bonds is 5. The van der Waals surface area contributed by atoms with Crippen molar-refractivity contribution in [3.63, 3.8) is 0 Å². The zero-order chi connectivity index (χ0) is 25.8. The van der Waals surface area contributed by atoms with Gasteiger partial charge in [-0.3, -0.25) is 14.3 Å². The molecule has 0 amide bonds. The first kappa shape index (κ1) is 25.3. The fourth-order valence-electron chi connectivity index (χ4n) is 5.72. The van der Waals surface area contributed by atoms with Gasteiger partial charge in [-0.15, -0.1) is 0 Å². The van der Waals surface area contributed by atoms with Gasteiger partial charge < -0.3 is 14.6 Å². The van der Waals surface area contributed by atoms with E-state index in [4.69, 9.17) is 4.74 Å². The zero-order valence-electron chi connectivity index (χ0n) is 22.2. The summed E-state index contributed by atoms with van der Waals surface area (Å²) in [6.07, 6.45) is 5.36. The second-order valence-electron chi connectivity index (χ2n) is 9.73. The van der Waals surface area contributed by atoms with E-state index >= 15 is 0 Å². The fourth-order valence-corrected chi connectivity index (χ4v) is 5.72. The topological polar surface area (TPSA) is 51.4 Å². The number of nitrogens with zero attached hydrogens (tertiary/aromatic N) is 3. The van der Waals surface area contributed by atoms with E-state index in [1.807, 2.05) is 56.4 Å². The third kappa shape index (κ3) is 5.22. The summed E-state index contributed by atoms with van der Waals surface area (Å²) in [5.74, 6) is 0.587. The Labute approximate surface area is 219 Å². The largest absolute Gasteiger partial charge is 0.489 e. The van der Waals surface area contributed by atoms with Crippen molar-refractivity contribution >= 4 is 10.9 Å². The fraction of sp³-hybridized carbons (Fsp3) is 0.387. The summed E-state index contributed by atoms with van der Waals surface area (Å²) in [5, 5.41) is 4.79. The van der Waals surface area contributed by atoms with E-state index in [-0.39, 0.29) is 5.56 Å². The van der Waals surface area contributed by atoms with Gasteiger partial charge in [0.1, 0.15) is 12.4 Å². The first-order valence-electron chi connectivity index (χ1n) is 13.6. The molecule has 2 aliphatic rings. The van der Waals surface area contributed by atoms with E-state index in [0.717, 1.165) is 43.9 Å². The minimum atomic E-state index is -0.0917. The van der Waals surface area contributed by atoms with Crippen LogP contribution in [0.2, 0.25) is 0 Å². The van der Waals surface area contributed by atoms with E-state index < -0.39 is 0 Å². The number of benzene rings is 2. The monoisotopic (exact) mass is 498 g/mol. The maximum absolute atomic E-state index is 12.9. The second-order valence-corrected chi connectivity index (χ2v) is 9.73. The summed E-state index contributed by atoms with van der Waals surface area (Å²) in [7, 11) is 2.16. The second kappa shape index (κ2) is 11.4. The Balaban J connectivity index is 0.00000137. The Kier molecular flexibility index (Phi) is 7.77. The highest BCUT2D eigenvalue weighted by Gasteiger charge is 2.28. The van der Waals surface area contributed by atoms with Crippen molar-refractivity contribution in [2.75, 3.05) is 19.6 Å². The molecule has 2 aromatic carbocycles. The summed E-state index contributed by atoms with van der Waals surface area (Å²) in [6, 6.07) is 20.5. The molecule has 6 rings (SSSR count). The molecule has 0 spiro atoms. The molecule has 2 aliphatic heterocycles. The molecule has 0 radical (unpaired) electrons. The van der Waals surface area contributed by atoms with Crippen molar-refractivity contribution in [2.24, 2.45) is 7.05 Å². The lowest BCUT2D eigenvalue weighted by Crippen LogP contribution is -2.45. The summed E-state index contributed by atoms with van der Waals surface area (Å²) in [6.45, 7) is 8.83. The average Bonchev–Trinajstić information content (AvgIpc) is 3.24. The van der Waals surface area contributed by atoms with Gasteiger partial charge in [-0.1, -0.05) is 50.2 Å². The lowest BCUT2D eigenvalue weighted by atomic mass is 9.98. The van der Waals surface area contributed by atoms with Gasteiger partial charge in [0, 0.05) is 55.9 Å². The van der Waals surface area contributed by atoms with Gasteiger partial charge in [0.25, 0.3) is 5.56 Å². The average molecular weight is 499 g/mol. The Hall–Kier alpha value is -3.35. The number of hydrogen-bond acceptors (Lipinski definition) is 4. The van der Waals surface area contributed by atoms with Crippen molar-refractivity contribution in [3.05, 3.63) is 94.0 Å². The highest BCUT2D eigenvalue weighted by molar-refractivity contribution is 5.87. The number of pyridine rings is 1. The van der Waals surface area contributed by atoms with E-state index in [2.05, 4.69) is 40.0 Å². The molecule has 0 bridgehead atoms. The van der Waals surface area contributed by atoms with E-state index in [1.54, 1.807) is 10.6 Å². The Morgan fingerprint density at radius 1 is 1.00 bits per heavy atom. The van der Waals surface area contributed by atoms with Gasteiger partial charge in [-0.25, -0.2) is 0 Å². The molecule has 6 nitrogen and oxygen atoms in total. The quantitative estimate of drug-likeness (QED) is 0.419. The number of ether oxygens (including phenoxy) is 1. The van der Waals surface area contributed by atoms with Crippen LogP contribution in [0.15, 0.2) is 71.7 Å². The first-order chi connectivity index (χ1) is 18.2. The number of aromatic nitrogens is 2. The first-order valence-corrected chi connectivity index (χ1v) is 13.6. The van der Waals surface area contributed by atoms with Crippen molar-refractivity contribution in [1.82, 2.24) is 19.4 Å². The number of nitrogens with one attached hydrogen (secondary N) is 1. The van der Waals surface area contributed by atoms with Crippen LogP contribution in [0.5, 0.6) is 5.75 Å². The van der Waals surface area contributed by atoms with Crippen LogP contribution in [0.4, 0.5) is 0 Å². The smallest absolute Gasteiger partial charge is 0.258 e. The van der Waals surface area contributed by atoms with Crippen molar-refractivity contribution in [3.8, 4) is 11.4 Å². The molecule has 2 aromatic heterocycles. The van der Waals surface area contributed by atoms with Gasteiger partial charge >= 0.3 is 0 Å². The summed E-state index contributed by atoms with van der Waals surface area (Å²) < 4.78 is 9.87. The van der Waals surface area contributed by atoms with Gasteiger partial charge in [-0.2, -0.15) is 0 Å². The Morgan fingerprint density at radius 3 is 2.54 bits per heavy atom. The SMILES string of the molecule is CC.Cn1c2c(c3ccc(-n4ccc(OCc5ccccc5)cc4=O)cc31)CN(C1CCNCC1)CC2. The lowest BCUT2D eigenvalue weighted by molar-refractivity contribution is 0.146. The number of fused-ring (bicyclic) bond motifs is 3. The molecule has 0 unspecified atom stereocenters. The van der Waals surface area contributed by atoms with Crippen LogP contribution in [0, 0.1) is 0 Å². The number of aryl methyl sites for hydroxylation is 1. The van der Waals surface area contributed by atoms with E-state index in [0.29, 0.717) is 18.4 Å². The molecular weight excluding hydrogens is 460 g/mol. The predicted octanol–water partition coefficient (Wildman–Crippen LogP) is 5.04. The number of piperidine rings is 1. The van der Waals surface area contributed by atoms with Crippen LogP contribution in [0.3, 0.4) is 0 Å². The molecule has 1 saturated heterocycles. The minimum Gasteiger partial charge on any atom is -0.489 e. The summed E-state index contributed by atoms with van der Waals surface area (Å²) >= 11 is 0. The molecule has 0 aliphatic carbocycles. The maximum atomic E-state index is 12.9. The molecule has 1 N–H and O–H groups in total. The zero-order valence-corrected chi connectivity index (χ0v) is 22.2. The standard InChI is InChI=1S/C29H32N4O2.C2H6/c1-31-27-12-15-32(22-9-13-30-14-10-22)19-26(27)25-8-7-23(17-28(25)31)33-16-11-24(18-29(33)34)35-20-21-5-3-2-4-6-21;1-2/h2-8,11,16-18,22,30H,9-10,12-15,19-20H2,1H3;1-2H3. The van der Waals surface area contributed by atoms with Crippen molar-refractivity contribution < 1.29 is 4.74 Å². The highest BCUT2D eigenvalue weighted by Crippen LogP contribution is 2.33. The van der Waals surface area contributed by atoms with Gasteiger partial charge in [0.05, 0.1) is 11.2 Å².